The van der Waals surface area contributed by atoms with Gasteiger partial charge in [-0.3, -0.25) is 0 Å². The maximum Gasteiger partial charge on any atom is 0.338 e. The predicted molar refractivity (Wildman–Crippen MR) is 77.9 cm³/mol. The van der Waals surface area contributed by atoms with Gasteiger partial charge in [0.05, 0.1) is 10.8 Å². The van der Waals surface area contributed by atoms with Crippen molar-refractivity contribution < 1.29 is 24.1 Å². The molecule has 4 atom stereocenters. The van der Waals surface area contributed by atoms with Crippen LogP contribution in [0.5, 0.6) is 0 Å². The largest absolute Gasteiger partial charge is 0.461 e. The van der Waals surface area contributed by atoms with Crippen LogP contribution in [-0.4, -0.2) is 46.4 Å². The van der Waals surface area contributed by atoms with Crippen LogP contribution in [0, 0.1) is 0 Å². The normalized spacial score (nSPS) is 33.7. The molecule has 114 valence electrons. The van der Waals surface area contributed by atoms with Gasteiger partial charge in [-0.1, -0.05) is 18.2 Å². The van der Waals surface area contributed by atoms with E-state index in [9.17, 15) is 9.90 Å². The first-order chi connectivity index (χ1) is 9.96. The van der Waals surface area contributed by atoms with Gasteiger partial charge in [0.1, 0.15) is 24.3 Å². The Morgan fingerprint density at radius 3 is 2.67 bits per heavy atom. The highest BCUT2D eigenvalue weighted by Crippen LogP contribution is 2.44. The molecule has 0 bridgehead atoms. The number of esters is 1. The van der Waals surface area contributed by atoms with Crippen LogP contribution in [-0.2, 0) is 14.2 Å². The van der Waals surface area contributed by atoms with E-state index in [0.717, 1.165) is 0 Å². The van der Waals surface area contributed by atoms with E-state index in [-0.39, 0.29) is 30.0 Å². The van der Waals surface area contributed by atoms with Gasteiger partial charge in [0.2, 0.25) is 0 Å². The summed E-state index contributed by atoms with van der Waals surface area (Å²) < 4.78 is 16.8. The lowest BCUT2D eigenvalue weighted by molar-refractivity contribution is -0.152. The second-order valence-corrected chi connectivity index (χ2v) is 6.95. The Kier molecular flexibility index (Phi) is 3.96. The fraction of sp³-hybridized carbons (Fsp3) is 0.533. The maximum atomic E-state index is 11.9. The molecule has 1 N–H and O–H groups in total. The average Bonchev–Trinajstić information content (AvgIpc) is 2.92. The SMILES string of the molecule is CC1(C)OC2C(O)SC(COC(=O)c3ccccc3)C2O1. The van der Waals surface area contributed by atoms with Gasteiger partial charge in [-0.15, -0.1) is 11.8 Å². The van der Waals surface area contributed by atoms with Crippen LogP contribution in [0.1, 0.15) is 24.2 Å². The molecule has 2 heterocycles. The zero-order valence-electron chi connectivity index (χ0n) is 11.9. The number of carbonyl (C=O) groups excluding carboxylic acids is 1. The Bertz CT molecular complexity index is 518. The van der Waals surface area contributed by atoms with Crippen LogP contribution < -0.4 is 0 Å². The van der Waals surface area contributed by atoms with E-state index in [1.54, 1.807) is 24.3 Å². The first kappa shape index (κ1) is 14.8. The smallest absolute Gasteiger partial charge is 0.338 e. The predicted octanol–water partition coefficient (Wildman–Crippen LogP) is 1.80. The molecule has 0 saturated carbocycles. The number of rotatable bonds is 3. The van der Waals surface area contributed by atoms with Crippen molar-refractivity contribution in [2.45, 2.75) is 42.5 Å². The highest BCUT2D eigenvalue weighted by atomic mass is 32.2. The molecule has 0 radical (unpaired) electrons. The summed E-state index contributed by atoms with van der Waals surface area (Å²) in [5.41, 5.74) is -0.140. The minimum absolute atomic E-state index is 0.126. The van der Waals surface area contributed by atoms with Crippen LogP contribution in [0.4, 0.5) is 0 Å². The highest BCUT2D eigenvalue weighted by Gasteiger charge is 2.54. The number of aliphatic hydroxyl groups is 1. The molecule has 5 nitrogen and oxygen atoms in total. The molecule has 2 aliphatic rings. The van der Waals surface area contributed by atoms with Crippen LogP contribution in [0.25, 0.3) is 0 Å². The van der Waals surface area contributed by atoms with Crippen molar-refractivity contribution in [3.63, 3.8) is 0 Å². The molecule has 4 unspecified atom stereocenters. The first-order valence-electron chi connectivity index (χ1n) is 6.88. The lowest BCUT2D eigenvalue weighted by Gasteiger charge is -2.21. The molecule has 21 heavy (non-hydrogen) atoms. The Hall–Kier alpha value is -1.08. The Labute approximate surface area is 127 Å². The number of carbonyl (C=O) groups is 1. The lowest BCUT2D eigenvalue weighted by atomic mass is 10.1. The Morgan fingerprint density at radius 2 is 1.95 bits per heavy atom. The van der Waals surface area contributed by atoms with Crippen LogP contribution in [0.15, 0.2) is 30.3 Å². The number of ether oxygens (including phenoxy) is 3. The monoisotopic (exact) mass is 310 g/mol. The van der Waals surface area contributed by atoms with Crippen molar-refractivity contribution in [1.82, 2.24) is 0 Å². The summed E-state index contributed by atoms with van der Waals surface area (Å²) in [7, 11) is 0. The van der Waals surface area contributed by atoms with Crippen LogP contribution in [0.3, 0.4) is 0 Å². The zero-order chi connectivity index (χ0) is 15.0. The fourth-order valence-corrected chi connectivity index (χ4v) is 3.84. The van der Waals surface area contributed by atoms with Crippen molar-refractivity contribution in [2.75, 3.05) is 6.61 Å². The molecule has 1 aromatic rings. The topological polar surface area (TPSA) is 65.0 Å². The number of hydrogen-bond donors (Lipinski definition) is 1. The summed E-state index contributed by atoms with van der Waals surface area (Å²) in [6.45, 7) is 3.82. The van der Waals surface area contributed by atoms with Crippen molar-refractivity contribution in [3.8, 4) is 0 Å². The van der Waals surface area contributed by atoms with Gasteiger partial charge in [0.15, 0.2) is 5.79 Å². The van der Waals surface area contributed by atoms with Crippen molar-refractivity contribution in [3.05, 3.63) is 35.9 Å². The molecular formula is C15H18O5S. The Morgan fingerprint density at radius 1 is 1.29 bits per heavy atom. The van der Waals surface area contributed by atoms with Gasteiger partial charge in [0.25, 0.3) is 0 Å². The van der Waals surface area contributed by atoms with Gasteiger partial charge in [0, 0.05) is 0 Å². The number of thioether (sulfide) groups is 1. The molecule has 0 spiro atoms. The molecule has 2 fully saturated rings. The third kappa shape index (κ3) is 3.08. The molecule has 6 heteroatoms. The fourth-order valence-electron chi connectivity index (χ4n) is 2.61. The first-order valence-corrected chi connectivity index (χ1v) is 7.82. The standard InChI is InChI=1S/C15H18O5S/c1-15(2)19-11-10(21-14(17)12(11)20-15)8-18-13(16)9-6-4-3-5-7-9/h3-7,10-12,14,17H,8H2,1-2H3. The van der Waals surface area contributed by atoms with Gasteiger partial charge in [-0.05, 0) is 26.0 Å². The van der Waals surface area contributed by atoms with Crippen molar-refractivity contribution in [1.29, 1.82) is 0 Å². The van der Waals surface area contributed by atoms with E-state index in [1.165, 1.54) is 11.8 Å². The molecule has 2 aliphatic heterocycles. The van der Waals surface area contributed by atoms with E-state index >= 15 is 0 Å². The average molecular weight is 310 g/mol. The number of hydrogen-bond acceptors (Lipinski definition) is 6. The number of fused-ring (bicyclic) bond motifs is 1. The third-order valence-electron chi connectivity index (χ3n) is 3.51. The molecule has 3 rings (SSSR count). The van der Waals surface area contributed by atoms with Gasteiger partial charge in [-0.2, -0.15) is 0 Å². The van der Waals surface area contributed by atoms with Crippen LogP contribution in [0.2, 0.25) is 0 Å². The zero-order valence-corrected chi connectivity index (χ0v) is 12.7. The quantitative estimate of drug-likeness (QED) is 0.859. The lowest BCUT2D eigenvalue weighted by Crippen LogP contribution is -2.32. The van der Waals surface area contributed by atoms with Crippen molar-refractivity contribution in [2.24, 2.45) is 0 Å². The summed E-state index contributed by atoms with van der Waals surface area (Å²) in [6, 6.07) is 8.84. The maximum absolute atomic E-state index is 11.9. The van der Waals surface area contributed by atoms with E-state index in [1.807, 2.05) is 19.9 Å². The van der Waals surface area contributed by atoms with E-state index in [2.05, 4.69) is 0 Å². The summed E-state index contributed by atoms with van der Waals surface area (Å²) in [5, 5.41) is 9.88. The number of benzene rings is 1. The van der Waals surface area contributed by atoms with Crippen molar-refractivity contribution >= 4 is 17.7 Å². The summed E-state index contributed by atoms with van der Waals surface area (Å²) in [5.74, 6) is -1.08. The van der Waals surface area contributed by atoms with Gasteiger partial charge in [-0.25, -0.2) is 4.79 Å². The molecule has 2 saturated heterocycles. The third-order valence-corrected chi connectivity index (χ3v) is 4.81. The molecule has 0 aromatic heterocycles. The second-order valence-electron chi connectivity index (χ2n) is 5.59. The minimum atomic E-state index is -0.709. The molecular weight excluding hydrogens is 292 g/mol. The number of aliphatic hydroxyl groups excluding tert-OH is 1. The Balaban J connectivity index is 1.60. The minimum Gasteiger partial charge on any atom is -0.461 e. The molecule has 0 aliphatic carbocycles. The summed E-state index contributed by atoms with van der Waals surface area (Å²) in [4.78, 5) is 11.9. The highest BCUT2D eigenvalue weighted by molar-refractivity contribution is 8.00. The molecule has 0 amide bonds. The van der Waals surface area contributed by atoms with E-state index < -0.39 is 11.2 Å². The van der Waals surface area contributed by atoms with E-state index in [0.29, 0.717) is 5.56 Å². The summed E-state index contributed by atoms with van der Waals surface area (Å²) in [6.07, 6.45) is -0.631. The summed E-state index contributed by atoms with van der Waals surface area (Å²) >= 11 is 1.32. The van der Waals surface area contributed by atoms with Gasteiger partial charge < -0.3 is 19.3 Å². The van der Waals surface area contributed by atoms with Gasteiger partial charge >= 0.3 is 5.97 Å². The molecule has 1 aromatic carbocycles. The second kappa shape index (κ2) is 5.61. The van der Waals surface area contributed by atoms with E-state index in [4.69, 9.17) is 14.2 Å². The van der Waals surface area contributed by atoms with Crippen LogP contribution >= 0.6 is 11.8 Å².